The molecule has 1 aliphatic heterocycles. The zero-order valence-corrected chi connectivity index (χ0v) is 8.00. The molecule has 2 rings (SSSR count). The number of likely N-dealkylation sites (tertiary alicyclic amines) is 1. The van der Waals surface area contributed by atoms with Crippen LogP contribution in [0, 0.1) is 11.8 Å². The van der Waals surface area contributed by atoms with Gasteiger partial charge in [0.1, 0.15) is 0 Å². The maximum Gasteiger partial charge on any atom is 0.00707 e. The third-order valence-electron chi connectivity index (χ3n) is 3.66. The number of hydrogen-bond donors (Lipinski definition) is 1. The van der Waals surface area contributed by atoms with Crippen LogP contribution in [-0.2, 0) is 0 Å². The average Bonchev–Trinajstić information content (AvgIpc) is 2.04. The summed E-state index contributed by atoms with van der Waals surface area (Å²) in [5.41, 5.74) is 6.12. The highest BCUT2D eigenvalue weighted by Gasteiger charge is 2.34. The summed E-state index contributed by atoms with van der Waals surface area (Å²) in [5.74, 6) is 1.75. The molecule has 1 aliphatic carbocycles. The van der Waals surface area contributed by atoms with Crippen LogP contribution >= 0.6 is 0 Å². The van der Waals surface area contributed by atoms with Gasteiger partial charge in [0.25, 0.3) is 0 Å². The van der Waals surface area contributed by atoms with Crippen LogP contribution < -0.4 is 5.73 Å². The lowest BCUT2D eigenvalue weighted by Gasteiger charge is -2.43. The Bertz CT molecular complexity index is 158. The van der Waals surface area contributed by atoms with Crippen molar-refractivity contribution in [3.63, 3.8) is 0 Å². The normalized spacial score (nSPS) is 44.0. The summed E-state index contributed by atoms with van der Waals surface area (Å²) in [6.45, 7) is 2.55. The highest BCUT2D eigenvalue weighted by molar-refractivity contribution is 4.89. The van der Waals surface area contributed by atoms with Gasteiger partial charge in [0.2, 0.25) is 0 Å². The molecule has 0 spiro atoms. The number of piperidine rings is 1. The number of hydrogen-bond acceptors (Lipinski definition) is 2. The van der Waals surface area contributed by atoms with Gasteiger partial charge >= 0.3 is 0 Å². The van der Waals surface area contributed by atoms with Crippen molar-refractivity contribution in [1.82, 2.24) is 4.90 Å². The molecule has 0 radical (unpaired) electrons. The van der Waals surface area contributed by atoms with Crippen molar-refractivity contribution in [2.45, 2.75) is 31.7 Å². The average molecular weight is 168 g/mol. The zero-order chi connectivity index (χ0) is 8.55. The van der Waals surface area contributed by atoms with Gasteiger partial charge in [-0.3, -0.25) is 0 Å². The minimum Gasteiger partial charge on any atom is -0.327 e. The quantitative estimate of drug-likeness (QED) is 0.586. The highest BCUT2D eigenvalue weighted by atomic mass is 15.1. The van der Waals surface area contributed by atoms with Crippen molar-refractivity contribution >= 4 is 0 Å². The summed E-state index contributed by atoms with van der Waals surface area (Å²) < 4.78 is 0. The van der Waals surface area contributed by atoms with Gasteiger partial charge in [-0.2, -0.15) is 0 Å². The van der Waals surface area contributed by atoms with Crippen molar-refractivity contribution in [3.05, 3.63) is 0 Å². The summed E-state index contributed by atoms with van der Waals surface area (Å²) in [6, 6.07) is 0.512. The Balaban J connectivity index is 1.99. The van der Waals surface area contributed by atoms with E-state index in [1.807, 2.05) is 0 Å². The molecular weight excluding hydrogens is 148 g/mol. The second-order valence-corrected chi connectivity index (χ2v) is 4.57. The molecule has 0 aromatic rings. The van der Waals surface area contributed by atoms with E-state index in [-0.39, 0.29) is 0 Å². The molecule has 1 heterocycles. The van der Waals surface area contributed by atoms with Crippen molar-refractivity contribution in [3.8, 4) is 0 Å². The van der Waals surface area contributed by atoms with E-state index >= 15 is 0 Å². The summed E-state index contributed by atoms with van der Waals surface area (Å²) >= 11 is 0. The Morgan fingerprint density at radius 1 is 1.25 bits per heavy atom. The fourth-order valence-corrected chi connectivity index (χ4v) is 2.93. The van der Waals surface area contributed by atoms with Gasteiger partial charge in [-0.15, -0.1) is 0 Å². The molecule has 2 fully saturated rings. The third-order valence-corrected chi connectivity index (χ3v) is 3.66. The summed E-state index contributed by atoms with van der Waals surface area (Å²) in [4.78, 5) is 2.46. The van der Waals surface area contributed by atoms with Gasteiger partial charge in [0.05, 0.1) is 0 Å². The highest BCUT2D eigenvalue weighted by Crippen LogP contribution is 2.34. The molecule has 0 bridgehead atoms. The van der Waals surface area contributed by atoms with Crippen molar-refractivity contribution in [2.24, 2.45) is 17.6 Å². The van der Waals surface area contributed by atoms with Crippen LogP contribution in [0.4, 0.5) is 0 Å². The van der Waals surface area contributed by atoms with Gasteiger partial charge < -0.3 is 10.6 Å². The second kappa shape index (κ2) is 3.35. The Morgan fingerprint density at radius 2 is 2.08 bits per heavy atom. The van der Waals surface area contributed by atoms with E-state index in [2.05, 4.69) is 11.9 Å². The predicted molar refractivity (Wildman–Crippen MR) is 50.9 cm³/mol. The SMILES string of the molecule is CN1CC[C@H]2[C@H](CCC[C@H]2N)C1. The van der Waals surface area contributed by atoms with E-state index in [1.54, 1.807) is 0 Å². The number of fused-ring (bicyclic) bond motifs is 1. The van der Waals surface area contributed by atoms with Crippen molar-refractivity contribution in [1.29, 1.82) is 0 Å². The van der Waals surface area contributed by atoms with Crippen LogP contribution in [0.15, 0.2) is 0 Å². The first-order valence-electron chi connectivity index (χ1n) is 5.21. The lowest BCUT2D eigenvalue weighted by Crippen LogP contribution is -2.48. The largest absolute Gasteiger partial charge is 0.327 e. The molecule has 0 amide bonds. The first kappa shape index (κ1) is 8.52. The maximum absolute atomic E-state index is 6.12. The van der Waals surface area contributed by atoms with Crippen LogP contribution in [0.5, 0.6) is 0 Å². The molecule has 0 unspecified atom stereocenters. The van der Waals surface area contributed by atoms with E-state index in [0.717, 1.165) is 11.8 Å². The van der Waals surface area contributed by atoms with Crippen LogP contribution in [0.1, 0.15) is 25.7 Å². The fraction of sp³-hybridized carbons (Fsp3) is 1.00. The van der Waals surface area contributed by atoms with Crippen LogP contribution in [0.2, 0.25) is 0 Å². The number of nitrogens with zero attached hydrogens (tertiary/aromatic N) is 1. The molecule has 1 saturated carbocycles. The molecule has 12 heavy (non-hydrogen) atoms. The molecule has 2 N–H and O–H groups in total. The number of nitrogens with two attached hydrogens (primary N) is 1. The summed E-state index contributed by atoms with van der Waals surface area (Å²) in [7, 11) is 2.23. The Hall–Kier alpha value is -0.0800. The van der Waals surface area contributed by atoms with Crippen molar-refractivity contribution < 1.29 is 0 Å². The standard InChI is InChI=1S/C10H20N2/c1-12-6-5-9-8(7-12)3-2-4-10(9)11/h8-10H,2-7,11H2,1H3/t8-,9+,10-/m1/s1. The smallest absolute Gasteiger partial charge is 0.00707 e. The molecule has 70 valence electrons. The van der Waals surface area contributed by atoms with E-state index in [4.69, 9.17) is 5.73 Å². The van der Waals surface area contributed by atoms with E-state index < -0.39 is 0 Å². The molecule has 3 atom stereocenters. The Kier molecular flexibility index (Phi) is 2.37. The zero-order valence-electron chi connectivity index (χ0n) is 8.00. The lowest BCUT2D eigenvalue weighted by molar-refractivity contribution is 0.0895. The second-order valence-electron chi connectivity index (χ2n) is 4.57. The Labute approximate surface area is 75.1 Å². The minimum atomic E-state index is 0.512. The van der Waals surface area contributed by atoms with Gasteiger partial charge in [0, 0.05) is 12.6 Å². The molecular formula is C10H20N2. The molecule has 2 nitrogen and oxygen atoms in total. The monoisotopic (exact) mass is 168 g/mol. The first-order valence-corrected chi connectivity index (χ1v) is 5.21. The molecule has 1 saturated heterocycles. The minimum absolute atomic E-state index is 0.512. The van der Waals surface area contributed by atoms with Crippen LogP contribution in [0.3, 0.4) is 0 Å². The topological polar surface area (TPSA) is 29.3 Å². The van der Waals surface area contributed by atoms with E-state index in [1.165, 1.54) is 38.8 Å². The van der Waals surface area contributed by atoms with Gasteiger partial charge in [-0.1, -0.05) is 6.42 Å². The maximum atomic E-state index is 6.12. The van der Waals surface area contributed by atoms with E-state index in [9.17, 15) is 0 Å². The van der Waals surface area contributed by atoms with Crippen LogP contribution in [-0.4, -0.2) is 31.1 Å². The van der Waals surface area contributed by atoms with Gasteiger partial charge in [0.15, 0.2) is 0 Å². The van der Waals surface area contributed by atoms with Gasteiger partial charge in [-0.05, 0) is 44.7 Å². The molecule has 2 heteroatoms. The Morgan fingerprint density at radius 3 is 2.92 bits per heavy atom. The van der Waals surface area contributed by atoms with E-state index in [0.29, 0.717) is 6.04 Å². The predicted octanol–water partition coefficient (Wildman–Crippen LogP) is 1.07. The van der Waals surface area contributed by atoms with Crippen molar-refractivity contribution in [2.75, 3.05) is 20.1 Å². The summed E-state index contributed by atoms with van der Waals surface area (Å²) in [5, 5.41) is 0. The summed E-state index contributed by atoms with van der Waals surface area (Å²) in [6.07, 6.45) is 5.38. The number of rotatable bonds is 0. The lowest BCUT2D eigenvalue weighted by atomic mass is 9.72. The van der Waals surface area contributed by atoms with Gasteiger partial charge in [-0.25, -0.2) is 0 Å². The molecule has 0 aromatic carbocycles. The molecule has 2 aliphatic rings. The fourth-order valence-electron chi connectivity index (χ4n) is 2.93. The van der Waals surface area contributed by atoms with Crippen LogP contribution in [0.25, 0.3) is 0 Å². The first-order chi connectivity index (χ1) is 5.77. The third kappa shape index (κ3) is 1.50. The molecule has 0 aromatic heterocycles.